The molecule has 2 aromatic carbocycles. The molecule has 0 spiro atoms. The third-order valence-electron chi connectivity index (χ3n) is 4.94. The Bertz CT molecular complexity index is 971. The van der Waals surface area contributed by atoms with Crippen LogP contribution in [0.1, 0.15) is 31.2 Å². The fourth-order valence-electron chi connectivity index (χ4n) is 3.39. The Balaban J connectivity index is 1.68. The molecule has 156 valence electrons. The van der Waals surface area contributed by atoms with Gasteiger partial charge in [-0.15, -0.1) is 0 Å². The van der Waals surface area contributed by atoms with Gasteiger partial charge in [0.25, 0.3) is 0 Å². The van der Waals surface area contributed by atoms with E-state index in [1.807, 2.05) is 12.1 Å². The molecule has 0 atom stereocenters. The molecule has 3 rings (SSSR count). The second-order valence-corrected chi connectivity index (χ2v) is 9.56. The normalized spacial score (nSPS) is 14.6. The van der Waals surface area contributed by atoms with Gasteiger partial charge in [0.2, 0.25) is 15.9 Å². The van der Waals surface area contributed by atoms with Crippen molar-refractivity contribution in [3.8, 4) is 5.75 Å². The molecule has 0 aliphatic heterocycles. The third-order valence-corrected chi connectivity index (χ3v) is 6.47. The van der Waals surface area contributed by atoms with Gasteiger partial charge >= 0.3 is 0 Å². The largest absolute Gasteiger partial charge is 0.490 e. The fourth-order valence-corrected chi connectivity index (χ4v) is 4.47. The summed E-state index contributed by atoms with van der Waals surface area (Å²) in [7, 11) is -3.67. The maximum Gasteiger partial charge on any atom is 0.245 e. The quantitative estimate of drug-likeness (QED) is 0.699. The Kier molecular flexibility index (Phi) is 6.70. The van der Waals surface area contributed by atoms with E-state index in [1.54, 1.807) is 37.3 Å². The summed E-state index contributed by atoms with van der Waals surface area (Å²) in [5, 5.41) is 3.17. The summed E-state index contributed by atoms with van der Waals surface area (Å²) < 4.78 is 31.5. The van der Waals surface area contributed by atoms with Crippen LogP contribution in [0.5, 0.6) is 5.75 Å². The Labute approximate surface area is 176 Å². The summed E-state index contributed by atoms with van der Waals surface area (Å²) in [5.74, 6) is 0.321. The first-order valence-corrected chi connectivity index (χ1v) is 11.8. The number of carbonyl (C=O) groups excluding carboxylic acids is 1. The molecule has 29 heavy (non-hydrogen) atoms. The van der Waals surface area contributed by atoms with Gasteiger partial charge < -0.3 is 10.1 Å². The van der Waals surface area contributed by atoms with Gasteiger partial charge in [-0.3, -0.25) is 9.10 Å². The van der Waals surface area contributed by atoms with Crippen molar-refractivity contribution in [2.24, 2.45) is 0 Å². The predicted molar refractivity (Wildman–Crippen MR) is 116 cm³/mol. The maximum absolute atomic E-state index is 12.5. The van der Waals surface area contributed by atoms with Gasteiger partial charge in [-0.25, -0.2) is 8.42 Å². The second kappa shape index (κ2) is 9.05. The lowest BCUT2D eigenvalue weighted by Gasteiger charge is -2.24. The van der Waals surface area contributed by atoms with Crippen LogP contribution >= 0.6 is 11.6 Å². The number of hydrogen-bond donors (Lipinski definition) is 1. The van der Waals surface area contributed by atoms with Crippen LogP contribution in [0.2, 0.25) is 5.02 Å². The number of rotatable bonds is 7. The first-order valence-electron chi connectivity index (χ1n) is 9.53. The molecule has 1 aliphatic rings. The number of ether oxygens (including phenoxy) is 1. The van der Waals surface area contributed by atoms with Gasteiger partial charge in [0.1, 0.15) is 12.3 Å². The van der Waals surface area contributed by atoms with Crippen LogP contribution in [-0.4, -0.2) is 33.2 Å². The highest BCUT2D eigenvalue weighted by Gasteiger charge is 2.23. The molecule has 1 N–H and O–H groups in total. The van der Waals surface area contributed by atoms with Crippen molar-refractivity contribution in [2.45, 2.75) is 38.7 Å². The highest BCUT2D eigenvalue weighted by Crippen LogP contribution is 2.28. The van der Waals surface area contributed by atoms with Crippen molar-refractivity contribution in [1.29, 1.82) is 0 Å². The number of benzene rings is 2. The summed E-state index contributed by atoms with van der Waals surface area (Å²) in [4.78, 5) is 12.5. The van der Waals surface area contributed by atoms with Gasteiger partial charge in [0.15, 0.2) is 0 Å². The van der Waals surface area contributed by atoms with Gasteiger partial charge in [-0.2, -0.15) is 0 Å². The fraction of sp³-hybridized carbons (Fsp3) is 0.381. The van der Waals surface area contributed by atoms with Gasteiger partial charge in [-0.05, 0) is 74.6 Å². The highest BCUT2D eigenvalue weighted by molar-refractivity contribution is 7.92. The molecular weight excluding hydrogens is 412 g/mol. The van der Waals surface area contributed by atoms with E-state index < -0.39 is 15.9 Å². The van der Waals surface area contributed by atoms with Crippen LogP contribution in [0, 0.1) is 6.92 Å². The molecule has 0 bridgehead atoms. The number of nitrogens with one attached hydrogen (secondary N) is 1. The third kappa shape index (κ3) is 5.64. The van der Waals surface area contributed by atoms with E-state index in [2.05, 4.69) is 5.32 Å². The number of halogens is 1. The van der Waals surface area contributed by atoms with Gasteiger partial charge in [-0.1, -0.05) is 17.7 Å². The van der Waals surface area contributed by atoms with Gasteiger partial charge in [0, 0.05) is 10.7 Å². The van der Waals surface area contributed by atoms with E-state index >= 15 is 0 Å². The molecular formula is C21H25ClN2O4S. The Morgan fingerprint density at radius 3 is 2.45 bits per heavy atom. The summed E-state index contributed by atoms with van der Waals surface area (Å²) in [6.45, 7) is 1.37. The molecule has 0 heterocycles. The molecule has 1 aliphatic carbocycles. The first-order chi connectivity index (χ1) is 13.7. The number of hydrogen-bond acceptors (Lipinski definition) is 4. The minimum Gasteiger partial charge on any atom is -0.490 e. The van der Waals surface area contributed by atoms with Crippen LogP contribution in [0.25, 0.3) is 0 Å². The molecule has 0 aromatic heterocycles. The van der Waals surface area contributed by atoms with Crippen molar-refractivity contribution in [1.82, 2.24) is 0 Å². The predicted octanol–water partition coefficient (Wildman–Crippen LogP) is 4.37. The van der Waals surface area contributed by atoms with Crippen molar-refractivity contribution < 1.29 is 17.9 Å². The smallest absolute Gasteiger partial charge is 0.245 e. The molecule has 1 fully saturated rings. The Morgan fingerprint density at radius 1 is 1.17 bits per heavy atom. The first kappa shape index (κ1) is 21.5. The van der Waals surface area contributed by atoms with Crippen molar-refractivity contribution in [2.75, 3.05) is 22.4 Å². The molecule has 0 unspecified atom stereocenters. The Morgan fingerprint density at radius 2 is 1.83 bits per heavy atom. The van der Waals surface area contributed by atoms with Crippen LogP contribution in [0.4, 0.5) is 11.4 Å². The monoisotopic (exact) mass is 436 g/mol. The van der Waals surface area contributed by atoms with Gasteiger partial charge in [0.05, 0.1) is 18.0 Å². The topological polar surface area (TPSA) is 75.7 Å². The van der Waals surface area contributed by atoms with E-state index in [1.165, 1.54) is 12.8 Å². The number of anilines is 2. The molecule has 0 radical (unpaired) electrons. The molecule has 8 heteroatoms. The maximum atomic E-state index is 12.5. The molecule has 1 saturated carbocycles. The molecule has 2 aromatic rings. The minimum absolute atomic E-state index is 0.264. The lowest BCUT2D eigenvalue weighted by molar-refractivity contribution is -0.114. The SMILES string of the molecule is Cc1c(Cl)cccc1N(CC(=O)Nc1ccc(OC2CCCC2)cc1)S(C)(=O)=O. The highest BCUT2D eigenvalue weighted by atomic mass is 35.5. The van der Waals surface area contributed by atoms with Crippen LogP contribution in [0.15, 0.2) is 42.5 Å². The summed E-state index contributed by atoms with van der Waals surface area (Å²) in [5.41, 5.74) is 1.56. The second-order valence-electron chi connectivity index (χ2n) is 7.25. The lowest BCUT2D eigenvalue weighted by atomic mass is 10.2. The molecule has 1 amide bonds. The molecule has 6 nitrogen and oxygen atoms in total. The van der Waals surface area contributed by atoms with E-state index in [9.17, 15) is 13.2 Å². The summed E-state index contributed by atoms with van der Waals surface area (Å²) in [6.07, 6.45) is 5.87. The Hall–Kier alpha value is -2.25. The summed E-state index contributed by atoms with van der Waals surface area (Å²) in [6, 6.07) is 12.1. The minimum atomic E-state index is -3.67. The van der Waals surface area contributed by atoms with Crippen LogP contribution in [-0.2, 0) is 14.8 Å². The number of sulfonamides is 1. The van der Waals surface area contributed by atoms with E-state index in [0.717, 1.165) is 29.2 Å². The molecule has 0 saturated heterocycles. The zero-order chi connectivity index (χ0) is 21.0. The number of amides is 1. The number of carbonyl (C=O) groups is 1. The van der Waals surface area contributed by atoms with Crippen molar-refractivity contribution in [3.05, 3.63) is 53.1 Å². The average molecular weight is 437 g/mol. The number of nitrogens with zero attached hydrogens (tertiary/aromatic N) is 1. The van der Waals surface area contributed by atoms with E-state index in [-0.39, 0.29) is 12.6 Å². The van der Waals surface area contributed by atoms with Crippen LogP contribution in [0.3, 0.4) is 0 Å². The van der Waals surface area contributed by atoms with Crippen molar-refractivity contribution >= 4 is 38.9 Å². The average Bonchev–Trinajstić information content (AvgIpc) is 3.16. The van der Waals surface area contributed by atoms with Crippen LogP contribution < -0.4 is 14.4 Å². The summed E-state index contributed by atoms with van der Waals surface area (Å²) >= 11 is 6.12. The zero-order valence-corrected chi connectivity index (χ0v) is 18.1. The zero-order valence-electron chi connectivity index (χ0n) is 16.5. The van der Waals surface area contributed by atoms with E-state index in [0.29, 0.717) is 22.0 Å². The van der Waals surface area contributed by atoms with E-state index in [4.69, 9.17) is 16.3 Å². The van der Waals surface area contributed by atoms with Crippen molar-refractivity contribution in [3.63, 3.8) is 0 Å². The lowest BCUT2D eigenvalue weighted by Crippen LogP contribution is -2.37. The standard InChI is InChI=1S/C21H25ClN2O4S/c1-15-19(22)8-5-9-20(15)24(29(2,26)27)14-21(25)23-16-10-12-18(13-11-16)28-17-6-3-4-7-17/h5,8-13,17H,3-4,6-7,14H2,1-2H3,(H,23,25).